The highest BCUT2D eigenvalue weighted by atomic mass is 32.2. The minimum Gasteiger partial charge on any atom is -0.308 e. The first-order valence-electron chi connectivity index (χ1n) is 9.87. The van der Waals surface area contributed by atoms with Crippen molar-refractivity contribution in [2.75, 3.05) is 17.2 Å². The van der Waals surface area contributed by atoms with Gasteiger partial charge in [0.15, 0.2) is 0 Å². The van der Waals surface area contributed by atoms with Crippen LogP contribution in [0.15, 0.2) is 64.2 Å². The molecular formula is C22H22F3N3O3S2. The standard InChI is InChI=1S/C22H22F3N3O3S2/c1-14(2)12-26-33(30,31)18-6-7-19(15-8-9-32-13-15)20(11-18)28-21(29)27-17-5-3-4-16(10-17)22(23,24)25/h3-11,13-14,26H,12H2,1-2H3,(H2,27,28,29). The van der Waals surface area contributed by atoms with Gasteiger partial charge in [-0.2, -0.15) is 24.5 Å². The zero-order chi connectivity index (χ0) is 24.2. The van der Waals surface area contributed by atoms with E-state index in [1.54, 1.807) is 12.1 Å². The number of urea groups is 1. The zero-order valence-corrected chi connectivity index (χ0v) is 19.4. The molecule has 0 saturated carbocycles. The Hall–Kier alpha value is -2.89. The van der Waals surface area contributed by atoms with Gasteiger partial charge in [-0.15, -0.1) is 0 Å². The Balaban J connectivity index is 1.89. The van der Waals surface area contributed by atoms with Crippen molar-refractivity contribution in [3.8, 4) is 11.1 Å². The van der Waals surface area contributed by atoms with Gasteiger partial charge in [0.2, 0.25) is 10.0 Å². The molecule has 3 N–H and O–H groups in total. The zero-order valence-electron chi connectivity index (χ0n) is 17.7. The fraction of sp³-hybridized carbons (Fsp3) is 0.227. The van der Waals surface area contributed by atoms with E-state index in [1.165, 1.54) is 35.6 Å². The van der Waals surface area contributed by atoms with E-state index in [9.17, 15) is 26.4 Å². The highest BCUT2D eigenvalue weighted by Crippen LogP contribution is 2.33. The van der Waals surface area contributed by atoms with Crippen molar-refractivity contribution >= 4 is 38.8 Å². The normalized spacial score (nSPS) is 12.1. The molecule has 0 bridgehead atoms. The molecule has 0 aliphatic heterocycles. The predicted molar refractivity (Wildman–Crippen MR) is 124 cm³/mol. The Kier molecular flexibility index (Phi) is 7.45. The molecule has 0 saturated heterocycles. The number of nitrogens with one attached hydrogen (secondary N) is 3. The van der Waals surface area contributed by atoms with E-state index in [1.807, 2.05) is 24.6 Å². The first kappa shape index (κ1) is 24.7. The molecule has 3 rings (SSSR count). The van der Waals surface area contributed by atoms with Gasteiger partial charge in [0.25, 0.3) is 0 Å². The smallest absolute Gasteiger partial charge is 0.308 e. The molecule has 0 fully saturated rings. The fourth-order valence-electron chi connectivity index (χ4n) is 2.88. The summed E-state index contributed by atoms with van der Waals surface area (Å²) in [6, 6.07) is 9.55. The molecule has 1 heterocycles. The Labute approximate surface area is 193 Å². The minimum absolute atomic E-state index is 0.0449. The molecule has 176 valence electrons. The first-order valence-corrected chi connectivity index (χ1v) is 12.3. The lowest BCUT2D eigenvalue weighted by Crippen LogP contribution is -2.27. The maximum atomic E-state index is 12.9. The van der Waals surface area contributed by atoms with E-state index >= 15 is 0 Å². The lowest BCUT2D eigenvalue weighted by Gasteiger charge is -2.15. The molecule has 6 nitrogen and oxygen atoms in total. The van der Waals surface area contributed by atoms with Crippen LogP contribution in [0.1, 0.15) is 19.4 Å². The van der Waals surface area contributed by atoms with Gasteiger partial charge in [0.05, 0.1) is 16.1 Å². The van der Waals surface area contributed by atoms with Crippen molar-refractivity contribution in [2.24, 2.45) is 5.92 Å². The monoisotopic (exact) mass is 497 g/mol. The Morgan fingerprint density at radius 1 is 1.06 bits per heavy atom. The van der Waals surface area contributed by atoms with Crippen LogP contribution in [0.5, 0.6) is 0 Å². The minimum atomic E-state index is -4.55. The van der Waals surface area contributed by atoms with Gasteiger partial charge in [-0.25, -0.2) is 17.9 Å². The maximum Gasteiger partial charge on any atom is 0.416 e. The first-order chi connectivity index (χ1) is 15.5. The number of benzene rings is 2. The number of thiophene rings is 1. The van der Waals surface area contributed by atoms with Crippen molar-refractivity contribution < 1.29 is 26.4 Å². The molecule has 0 aliphatic carbocycles. The van der Waals surface area contributed by atoms with Gasteiger partial charge >= 0.3 is 12.2 Å². The van der Waals surface area contributed by atoms with E-state index in [-0.39, 0.29) is 28.7 Å². The van der Waals surface area contributed by atoms with Crippen molar-refractivity contribution in [3.63, 3.8) is 0 Å². The van der Waals surface area contributed by atoms with E-state index in [4.69, 9.17) is 0 Å². The number of rotatable bonds is 7. The van der Waals surface area contributed by atoms with Crippen LogP contribution in [0.25, 0.3) is 11.1 Å². The van der Waals surface area contributed by atoms with Crippen LogP contribution >= 0.6 is 11.3 Å². The molecule has 11 heteroatoms. The second-order valence-corrected chi connectivity index (χ2v) is 10.2. The van der Waals surface area contributed by atoms with Crippen LogP contribution in [0.4, 0.5) is 29.3 Å². The molecule has 0 unspecified atom stereocenters. The SMILES string of the molecule is CC(C)CNS(=O)(=O)c1ccc(-c2ccsc2)c(NC(=O)Nc2cccc(C(F)(F)F)c2)c1. The van der Waals surface area contributed by atoms with Gasteiger partial charge in [-0.05, 0) is 58.6 Å². The third kappa shape index (κ3) is 6.56. The molecule has 2 aromatic carbocycles. The van der Waals surface area contributed by atoms with Crippen LogP contribution in [0.2, 0.25) is 0 Å². The summed E-state index contributed by atoms with van der Waals surface area (Å²) in [5.74, 6) is 0.0979. The molecule has 33 heavy (non-hydrogen) atoms. The van der Waals surface area contributed by atoms with E-state index in [2.05, 4.69) is 15.4 Å². The van der Waals surface area contributed by atoms with Gasteiger partial charge in [-0.1, -0.05) is 26.0 Å². The molecule has 0 spiro atoms. The number of hydrogen-bond acceptors (Lipinski definition) is 4. The molecule has 0 aliphatic rings. The average molecular weight is 498 g/mol. The number of halogens is 3. The summed E-state index contributed by atoms with van der Waals surface area (Å²) in [5.41, 5.74) is 0.572. The summed E-state index contributed by atoms with van der Waals surface area (Å²) in [6.07, 6.45) is -4.55. The van der Waals surface area contributed by atoms with Crippen molar-refractivity contribution in [3.05, 3.63) is 64.9 Å². The molecule has 0 atom stereocenters. The number of carbonyl (C=O) groups excluding carboxylic acids is 1. The van der Waals surface area contributed by atoms with Crippen molar-refractivity contribution in [1.29, 1.82) is 0 Å². The Morgan fingerprint density at radius 3 is 2.45 bits per heavy atom. The summed E-state index contributed by atoms with van der Waals surface area (Å²) in [7, 11) is -3.82. The van der Waals surface area contributed by atoms with Crippen LogP contribution < -0.4 is 15.4 Å². The Morgan fingerprint density at radius 2 is 1.82 bits per heavy atom. The number of hydrogen-bond donors (Lipinski definition) is 3. The van der Waals surface area contributed by atoms with Gasteiger partial charge < -0.3 is 10.6 Å². The summed E-state index contributed by atoms with van der Waals surface area (Å²) in [5, 5.41) is 8.58. The maximum absolute atomic E-state index is 12.9. The number of carbonyl (C=O) groups is 1. The summed E-state index contributed by atoms with van der Waals surface area (Å²) < 4.78 is 66.6. The van der Waals surface area contributed by atoms with Crippen LogP contribution in [-0.2, 0) is 16.2 Å². The number of alkyl halides is 3. The van der Waals surface area contributed by atoms with E-state index in [0.717, 1.165) is 17.7 Å². The third-order valence-electron chi connectivity index (χ3n) is 4.51. The number of amides is 2. The predicted octanol–water partition coefficient (Wildman–Crippen LogP) is 6.01. The highest BCUT2D eigenvalue weighted by molar-refractivity contribution is 7.89. The summed E-state index contributed by atoms with van der Waals surface area (Å²) in [6.45, 7) is 3.98. The quantitative estimate of drug-likeness (QED) is 0.373. The molecule has 1 aromatic heterocycles. The van der Waals surface area contributed by atoms with E-state index < -0.39 is 27.8 Å². The van der Waals surface area contributed by atoms with Crippen LogP contribution in [0.3, 0.4) is 0 Å². The lowest BCUT2D eigenvalue weighted by atomic mass is 10.1. The highest BCUT2D eigenvalue weighted by Gasteiger charge is 2.30. The summed E-state index contributed by atoms with van der Waals surface area (Å²) in [4.78, 5) is 12.5. The fourth-order valence-corrected chi connectivity index (χ4v) is 4.78. The van der Waals surface area contributed by atoms with Crippen LogP contribution in [-0.4, -0.2) is 21.0 Å². The van der Waals surface area contributed by atoms with Crippen LogP contribution in [0, 0.1) is 5.92 Å². The van der Waals surface area contributed by atoms with Gasteiger partial charge in [0, 0.05) is 17.8 Å². The number of anilines is 2. The molecule has 2 amide bonds. The average Bonchev–Trinajstić information content (AvgIpc) is 3.26. The third-order valence-corrected chi connectivity index (χ3v) is 6.62. The van der Waals surface area contributed by atoms with Gasteiger partial charge in [0.1, 0.15) is 0 Å². The molecular weight excluding hydrogens is 475 g/mol. The van der Waals surface area contributed by atoms with Gasteiger partial charge in [-0.3, -0.25) is 0 Å². The topological polar surface area (TPSA) is 87.3 Å². The van der Waals surface area contributed by atoms with Crippen molar-refractivity contribution in [1.82, 2.24) is 4.72 Å². The lowest BCUT2D eigenvalue weighted by molar-refractivity contribution is -0.137. The second kappa shape index (κ2) is 9.94. The second-order valence-electron chi connectivity index (χ2n) is 7.62. The van der Waals surface area contributed by atoms with Crippen molar-refractivity contribution in [2.45, 2.75) is 24.9 Å². The van der Waals surface area contributed by atoms with E-state index in [0.29, 0.717) is 5.56 Å². The molecule has 0 radical (unpaired) electrons. The Bertz CT molecular complexity index is 1230. The molecule has 3 aromatic rings. The number of sulfonamides is 1. The summed E-state index contributed by atoms with van der Waals surface area (Å²) >= 11 is 1.42. The largest absolute Gasteiger partial charge is 0.416 e.